The number of likely N-dealkylation sites (N-methyl/N-ethyl adjacent to an activating group) is 1. The van der Waals surface area contributed by atoms with Crippen LogP contribution in [0.25, 0.3) is 0 Å². The molecule has 1 aliphatic rings. The molecule has 0 aromatic heterocycles. The van der Waals surface area contributed by atoms with Gasteiger partial charge in [0.2, 0.25) is 5.91 Å². The largest absolute Gasteiger partial charge is 0.353 e. The van der Waals surface area contributed by atoms with Gasteiger partial charge in [-0.05, 0) is 37.9 Å². The van der Waals surface area contributed by atoms with Gasteiger partial charge in [-0.15, -0.1) is 0 Å². The lowest BCUT2D eigenvalue weighted by molar-refractivity contribution is -0.122. The molecule has 110 valence electrons. The second-order valence-electron chi connectivity index (χ2n) is 5.47. The maximum Gasteiger partial charge on any atom is 0.237 e. The summed E-state index contributed by atoms with van der Waals surface area (Å²) < 4.78 is 0. The van der Waals surface area contributed by atoms with Crippen LogP contribution in [0.2, 0.25) is 0 Å². The van der Waals surface area contributed by atoms with Crippen molar-refractivity contribution in [1.82, 2.24) is 10.2 Å². The highest BCUT2D eigenvalue weighted by atomic mass is 16.2. The number of carbonyl (C=O) groups excluding carboxylic acids is 1. The summed E-state index contributed by atoms with van der Waals surface area (Å²) >= 11 is 0. The fourth-order valence-electron chi connectivity index (χ4n) is 2.85. The Morgan fingerprint density at radius 3 is 2.90 bits per heavy atom. The van der Waals surface area contributed by atoms with Gasteiger partial charge >= 0.3 is 0 Å². The van der Waals surface area contributed by atoms with E-state index in [0.717, 1.165) is 25.2 Å². The molecule has 2 rings (SSSR count). The molecule has 1 aromatic rings. The van der Waals surface area contributed by atoms with Crippen LogP contribution in [0.4, 0.5) is 0 Å². The number of rotatable bonds is 6. The van der Waals surface area contributed by atoms with Gasteiger partial charge in [-0.3, -0.25) is 9.69 Å². The van der Waals surface area contributed by atoms with Crippen LogP contribution >= 0.6 is 0 Å². The lowest BCUT2D eigenvalue weighted by Gasteiger charge is -2.23. The van der Waals surface area contributed by atoms with E-state index in [0.29, 0.717) is 12.5 Å². The molecule has 2 unspecified atom stereocenters. The Morgan fingerprint density at radius 2 is 2.20 bits per heavy atom. The molecule has 0 aliphatic carbocycles. The first kappa shape index (κ1) is 15.0. The Kier molecular flexibility index (Phi) is 5.56. The SMILES string of the molecule is CCN1CCCC1CNC(=O)C(N)Cc1ccccc1. The Bertz CT molecular complexity index is 421. The highest BCUT2D eigenvalue weighted by Crippen LogP contribution is 2.15. The Labute approximate surface area is 121 Å². The summed E-state index contributed by atoms with van der Waals surface area (Å²) in [7, 11) is 0. The Morgan fingerprint density at radius 1 is 1.45 bits per heavy atom. The van der Waals surface area contributed by atoms with Crippen LogP contribution in [-0.4, -0.2) is 42.5 Å². The zero-order chi connectivity index (χ0) is 14.4. The van der Waals surface area contributed by atoms with Crippen LogP contribution in [0.1, 0.15) is 25.3 Å². The van der Waals surface area contributed by atoms with Crippen molar-refractivity contribution >= 4 is 5.91 Å². The number of nitrogens with one attached hydrogen (secondary N) is 1. The molecular weight excluding hydrogens is 250 g/mol. The number of hydrogen-bond acceptors (Lipinski definition) is 3. The third-order valence-electron chi connectivity index (χ3n) is 4.05. The van der Waals surface area contributed by atoms with E-state index in [2.05, 4.69) is 17.1 Å². The maximum absolute atomic E-state index is 12.0. The van der Waals surface area contributed by atoms with Gasteiger partial charge in [-0.1, -0.05) is 37.3 Å². The molecule has 0 saturated carbocycles. The van der Waals surface area contributed by atoms with Crippen molar-refractivity contribution in [2.45, 2.75) is 38.3 Å². The summed E-state index contributed by atoms with van der Waals surface area (Å²) in [4.78, 5) is 14.5. The minimum atomic E-state index is -0.464. The van der Waals surface area contributed by atoms with Crippen molar-refractivity contribution < 1.29 is 4.79 Å². The number of nitrogens with zero attached hydrogens (tertiary/aromatic N) is 1. The monoisotopic (exact) mass is 275 g/mol. The normalized spacial score (nSPS) is 20.8. The first-order valence-corrected chi connectivity index (χ1v) is 7.52. The van der Waals surface area contributed by atoms with Gasteiger partial charge in [0.05, 0.1) is 6.04 Å². The van der Waals surface area contributed by atoms with E-state index in [9.17, 15) is 4.79 Å². The van der Waals surface area contributed by atoms with Crippen LogP contribution in [0.5, 0.6) is 0 Å². The molecule has 3 N–H and O–H groups in total. The van der Waals surface area contributed by atoms with Crippen molar-refractivity contribution in [3.8, 4) is 0 Å². The number of hydrogen-bond donors (Lipinski definition) is 2. The molecular formula is C16H25N3O. The number of nitrogens with two attached hydrogens (primary N) is 1. The quantitative estimate of drug-likeness (QED) is 0.819. The lowest BCUT2D eigenvalue weighted by atomic mass is 10.1. The van der Waals surface area contributed by atoms with Gasteiger partial charge in [0, 0.05) is 12.6 Å². The van der Waals surface area contributed by atoms with E-state index in [4.69, 9.17) is 5.73 Å². The molecule has 1 saturated heterocycles. The first-order valence-electron chi connectivity index (χ1n) is 7.52. The smallest absolute Gasteiger partial charge is 0.237 e. The highest BCUT2D eigenvalue weighted by molar-refractivity contribution is 5.81. The number of amides is 1. The van der Waals surface area contributed by atoms with Crippen LogP contribution < -0.4 is 11.1 Å². The standard InChI is InChI=1S/C16H25N3O/c1-2-19-10-6-9-14(19)12-18-16(20)15(17)11-13-7-4-3-5-8-13/h3-5,7-8,14-15H,2,6,9-12,17H2,1H3,(H,18,20). The third kappa shape index (κ3) is 4.05. The summed E-state index contributed by atoms with van der Waals surface area (Å²) in [5, 5.41) is 3.00. The van der Waals surface area contributed by atoms with Gasteiger partial charge in [0.1, 0.15) is 0 Å². The summed E-state index contributed by atoms with van der Waals surface area (Å²) in [5.41, 5.74) is 7.08. The van der Waals surface area contributed by atoms with Crippen LogP contribution in [-0.2, 0) is 11.2 Å². The fourth-order valence-corrected chi connectivity index (χ4v) is 2.85. The zero-order valence-electron chi connectivity index (χ0n) is 12.2. The van der Waals surface area contributed by atoms with Crippen molar-refractivity contribution in [2.75, 3.05) is 19.6 Å². The van der Waals surface area contributed by atoms with E-state index in [1.807, 2.05) is 30.3 Å². The average molecular weight is 275 g/mol. The predicted octanol–water partition coefficient (Wildman–Crippen LogP) is 1.16. The summed E-state index contributed by atoms with van der Waals surface area (Å²) in [6.45, 7) is 5.08. The van der Waals surface area contributed by atoms with Crippen molar-refractivity contribution in [3.63, 3.8) is 0 Å². The average Bonchev–Trinajstić information content (AvgIpc) is 2.93. The topological polar surface area (TPSA) is 58.4 Å². The molecule has 20 heavy (non-hydrogen) atoms. The molecule has 4 heteroatoms. The molecule has 1 aliphatic heterocycles. The van der Waals surface area contributed by atoms with Gasteiger partial charge in [0.15, 0.2) is 0 Å². The lowest BCUT2D eigenvalue weighted by Crippen LogP contribution is -2.47. The number of carbonyl (C=O) groups is 1. The third-order valence-corrected chi connectivity index (χ3v) is 4.05. The summed E-state index contributed by atoms with van der Waals surface area (Å²) in [6.07, 6.45) is 2.99. The predicted molar refractivity (Wildman–Crippen MR) is 81.4 cm³/mol. The van der Waals surface area contributed by atoms with E-state index in [1.54, 1.807) is 0 Å². The zero-order valence-corrected chi connectivity index (χ0v) is 12.2. The van der Waals surface area contributed by atoms with Crippen molar-refractivity contribution in [3.05, 3.63) is 35.9 Å². The molecule has 1 aromatic carbocycles. The second kappa shape index (κ2) is 7.41. The molecule has 2 atom stereocenters. The van der Waals surface area contributed by atoms with Crippen molar-refractivity contribution in [1.29, 1.82) is 0 Å². The molecule has 1 amide bonds. The molecule has 0 spiro atoms. The van der Waals surface area contributed by atoms with Crippen LogP contribution in [0.15, 0.2) is 30.3 Å². The molecule has 1 fully saturated rings. The minimum absolute atomic E-state index is 0.0446. The second-order valence-corrected chi connectivity index (χ2v) is 5.47. The number of benzene rings is 1. The maximum atomic E-state index is 12.0. The summed E-state index contributed by atoms with van der Waals surface area (Å²) in [6, 6.07) is 9.93. The van der Waals surface area contributed by atoms with E-state index < -0.39 is 6.04 Å². The molecule has 1 heterocycles. The highest BCUT2D eigenvalue weighted by Gasteiger charge is 2.24. The van der Waals surface area contributed by atoms with E-state index in [1.165, 1.54) is 12.8 Å². The van der Waals surface area contributed by atoms with Crippen LogP contribution in [0.3, 0.4) is 0 Å². The Balaban J connectivity index is 1.77. The van der Waals surface area contributed by atoms with Gasteiger partial charge in [0.25, 0.3) is 0 Å². The first-order chi connectivity index (χ1) is 9.70. The Hall–Kier alpha value is -1.39. The molecule has 0 bridgehead atoms. The molecule has 4 nitrogen and oxygen atoms in total. The fraction of sp³-hybridized carbons (Fsp3) is 0.562. The van der Waals surface area contributed by atoms with Gasteiger partial charge < -0.3 is 11.1 Å². The van der Waals surface area contributed by atoms with Crippen LogP contribution in [0, 0.1) is 0 Å². The van der Waals surface area contributed by atoms with E-state index >= 15 is 0 Å². The van der Waals surface area contributed by atoms with Gasteiger partial charge in [-0.2, -0.15) is 0 Å². The minimum Gasteiger partial charge on any atom is -0.353 e. The van der Waals surface area contributed by atoms with Crippen molar-refractivity contribution in [2.24, 2.45) is 5.73 Å². The number of likely N-dealkylation sites (tertiary alicyclic amines) is 1. The molecule has 0 radical (unpaired) electrons. The van der Waals surface area contributed by atoms with E-state index in [-0.39, 0.29) is 5.91 Å². The summed E-state index contributed by atoms with van der Waals surface area (Å²) in [5.74, 6) is -0.0446. The van der Waals surface area contributed by atoms with Gasteiger partial charge in [-0.25, -0.2) is 0 Å².